The molecule has 0 aliphatic carbocycles. The second-order valence-corrected chi connectivity index (χ2v) is 5.71. The fourth-order valence-electron chi connectivity index (χ4n) is 2.48. The van der Waals surface area contributed by atoms with Crippen LogP contribution in [0.2, 0.25) is 0 Å². The molecule has 0 aliphatic rings. The molecule has 146 valence electrons. The van der Waals surface area contributed by atoms with E-state index in [1.165, 1.54) is 23.1 Å². The number of nitrogens with zero attached hydrogens (tertiary/aromatic N) is 2. The zero-order chi connectivity index (χ0) is 20.0. The smallest absolute Gasteiger partial charge is 0.497 e. The molecule has 0 unspecified atom stereocenters. The van der Waals surface area contributed by atoms with E-state index in [2.05, 4.69) is 4.74 Å². The van der Waals surface area contributed by atoms with Crippen molar-refractivity contribution in [3.63, 3.8) is 0 Å². The lowest BCUT2D eigenvalue weighted by atomic mass is 10.2. The number of carbonyl (C=O) groups excluding carboxylic acids is 1. The van der Waals surface area contributed by atoms with Gasteiger partial charge in [-0.25, -0.2) is 0 Å². The second kappa shape index (κ2) is 8.66. The summed E-state index contributed by atoms with van der Waals surface area (Å²) >= 11 is 0. The minimum absolute atomic E-state index is 0.00843. The zero-order valence-corrected chi connectivity index (χ0v) is 15.3. The Bertz CT molecular complexity index is 764. The Kier molecular flexibility index (Phi) is 6.55. The van der Waals surface area contributed by atoms with Gasteiger partial charge in [-0.2, -0.15) is 0 Å². The van der Waals surface area contributed by atoms with Crippen molar-refractivity contribution < 1.29 is 27.4 Å². The van der Waals surface area contributed by atoms with Crippen molar-refractivity contribution in [1.82, 2.24) is 0 Å². The summed E-state index contributed by atoms with van der Waals surface area (Å²) < 4.78 is 46.3. The number of anilines is 2. The molecular formula is C19H21F3N2O3. The first-order valence-corrected chi connectivity index (χ1v) is 8.25. The van der Waals surface area contributed by atoms with Gasteiger partial charge < -0.3 is 19.3 Å². The minimum Gasteiger partial charge on any atom is -0.497 e. The number of benzene rings is 2. The van der Waals surface area contributed by atoms with Gasteiger partial charge in [0.2, 0.25) is 5.91 Å². The van der Waals surface area contributed by atoms with Crippen LogP contribution in [-0.4, -0.2) is 39.5 Å². The quantitative estimate of drug-likeness (QED) is 0.724. The number of alkyl halides is 3. The Balaban J connectivity index is 2.11. The van der Waals surface area contributed by atoms with E-state index in [9.17, 15) is 18.0 Å². The third-order valence-electron chi connectivity index (χ3n) is 3.96. The van der Waals surface area contributed by atoms with E-state index >= 15 is 0 Å². The molecular weight excluding hydrogens is 361 g/mol. The summed E-state index contributed by atoms with van der Waals surface area (Å²) in [5.74, 6) is 0.148. The van der Waals surface area contributed by atoms with Gasteiger partial charge in [-0.15, -0.1) is 13.2 Å². The van der Waals surface area contributed by atoms with E-state index in [0.717, 1.165) is 0 Å². The largest absolute Gasteiger partial charge is 0.573 e. The van der Waals surface area contributed by atoms with Crippen LogP contribution in [0.15, 0.2) is 48.5 Å². The average Bonchev–Trinajstić information content (AvgIpc) is 2.64. The second-order valence-electron chi connectivity index (χ2n) is 5.71. The van der Waals surface area contributed by atoms with Crippen molar-refractivity contribution in [2.24, 2.45) is 0 Å². The van der Waals surface area contributed by atoms with E-state index in [1.54, 1.807) is 49.4 Å². The van der Waals surface area contributed by atoms with E-state index < -0.39 is 6.36 Å². The highest BCUT2D eigenvalue weighted by Gasteiger charge is 2.31. The van der Waals surface area contributed by atoms with Crippen LogP contribution in [0, 0.1) is 0 Å². The number of ether oxygens (including phenoxy) is 2. The molecule has 0 saturated heterocycles. The number of likely N-dealkylation sites (N-methyl/N-ethyl adjacent to an activating group) is 2. The summed E-state index contributed by atoms with van der Waals surface area (Å²) in [5, 5.41) is 0. The molecule has 2 aromatic carbocycles. The number of methoxy groups -OCH3 is 1. The van der Waals surface area contributed by atoms with Gasteiger partial charge in [0.1, 0.15) is 11.5 Å². The fourth-order valence-corrected chi connectivity index (χ4v) is 2.48. The molecule has 2 aromatic rings. The lowest BCUT2D eigenvalue weighted by Crippen LogP contribution is -2.38. The van der Waals surface area contributed by atoms with Crippen molar-refractivity contribution in [2.45, 2.75) is 13.3 Å². The standard InChI is InChI=1S/C19H21F3N2O3/c1-4-24(15-6-5-7-17(12-15)27-19(20,21)22)13-18(25)23(2)14-8-10-16(26-3)11-9-14/h5-12H,4,13H2,1-3H3. The van der Waals surface area contributed by atoms with Crippen molar-refractivity contribution in [3.05, 3.63) is 48.5 Å². The summed E-state index contributed by atoms with van der Waals surface area (Å²) in [6, 6.07) is 12.6. The molecule has 0 fully saturated rings. The summed E-state index contributed by atoms with van der Waals surface area (Å²) in [7, 11) is 3.20. The molecule has 0 aliphatic heterocycles. The van der Waals surface area contributed by atoms with Crippen molar-refractivity contribution in [2.75, 3.05) is 37.0 Å². The molecule has 0 saturated carbocycles. The highest BCUT2D eigenvalue weighted by molar-refractivity contribution is 5.96. The molecule has 5 nitrogen and oxygen atoms in total. The summed E-state index contributed by atoms with van der Waals surface area (Å²) in [6.07, 6.45) is -4.76. The van der Waals surface area contributed by atoms with Gasteiger partial charge in [0.25, 0.3) is 0 Å². The van der Waals surface area contributed by atoms with Gasteiger partial charge in [-0.3, -0.25) is 4.79 Å². The highest BCUT2D eigenvalue weighted by atomic mass is 19.4. The van der Waals surface area contributed by atoms with Crippen LogP contribution in [0.4, 0.5) is 24.5 Å². The maximum atomic E-state index is 12.6. The van der Waals surface area contributed by atoms with Crippen LogP contribution in [0.5, 0.6) is 11.5 Å². The molecule has 0 radical (unpaired) electrons. The van der Waals surface area contributed by atoms with Crippen LogP contribution in [-0.2, 0) is 4.79 Å². The van der Waals surface area contributed by atoms with Gasteiger partial charge in [0, 0.05) is 31.0 Å². The maximum absolute atomic E-state index is 12.6. The number of carbonyl (C=O) groups is 1. The van der Waals surface area contributed by atoms with Crippen LogP contribution in [0.1, 0.15) is 6.92 Å². The Hall–Kier alpha value is -2.90. The molecule has 0 aromatic heterocycles. The number of rotatable bonds is 7. The van der Waals surface area contributed by atoms with Crippen LogP contribution < -0.4 is 19.3 Å². The normalized spacial score (nSPS) is 11.0. The van der Waals surface area contributed by atoms with Crippen molar-refractivity contribution in [1.29, 1.82) is 0 Å². The molecule has 27 heavy (non-hydrogen) atoms. The van der Waals surface area contributed by atoms with Crippen molar-refractivity contribution in [3.8, 4) is 11.5 Å². The van der Waals surface area contributed by atoms with Crippen molar-refractivity contribution >= 4 is 17.3 Å². The van der Waals surface area contributed by atoms with Gasteiger partial charge in [0.05, 0.1) is 13.7 Å². The molecule has 2 rings (SSSR count). The van der Waals surface area contributed by atoms with Crippen LogP contribution >= 0.6 is 0 Å². The Labute approximate surface area is 155 Å². The first-order valence-electron chi connectivity index (χ1n) is 8.25. The lowest BCUT2D eigenvalue weighted by Gasteiger charge is -2.26. The van der Waals surface area contributed by atoms with Crippen LogP contribution in [0.25, 0.3) is 0 Å². The average molecular weight is 382 g/mol. The predicted octanol–water partition coefficient (Wildman–Crippen LogP) is 4.08. The summed E-state index contributed by atoms with van der Waals surface area (Å²) in [5.41, 5.74) is 1.15. The highest BCUT2D eigenvalue weighted by Crippen LogP contribution is 2.27. The Morgan fingerprint density at radius 3 is 2.26 bits per heavy atom. The van der Waals surface area contributed by atoms with Gasteiger partial charge in [0.15, 0.2) is 0 Å². The number of halogens is 3. The van der Waals surface area contributed by atoms with E-state index in [1.807, 2.05) is 6.92 Å². The Morgan fingerprint density at radius 1 is 1.04 bits per heavy atom. The molecule has 0 heterocycles. The van der Waals surface area contributed by atoms with E-state index in [4.69, 9.17) is 4.74 Å². The Morgan fingerprint density at radius 2 is 1.70 bits per heavy atom. The van der Waals surface area contributed by atoms with Gasteiger partial charge in [-0.1, -0.05) is 6.07 Å². The lowest BCUT2D eigenvalue weighted by molar-refractivity contribution is -0.274. The topological polar surface area (TPSA) is 42.0 Å². The third kappa shape index (κ3) is 5.80. The number of hydrogen-bond donors (Lipinski definition) is 0. The zero-order valence-electron chi connectivity index (χ0n) is 15.3. The molecule has 0 bridgehead atoms. The minimum atomic E-state index is -4.76. The molecule has 8 heteroatoms. The summed E-state index contributed by atoms with van der Waals surface area (Å²) in [6.45, 7) is 2.27. The monoisotopic (exact) mass is 382 g/mol. The third-order valence-corrected chi connectivity index (χ3v) is 3.96. The maximum Gasteiger partial charge on any atom is 0.573 e. The molecule has 0 spiro atoms. The SMILES string of the molecule is CCN(CC(=O)N(C)c1ccc(OC)cc1)c1cccc(OC(F)(F)F)c1. The predicted molar refractivity (Wildman–Crippen MR) is 97.4 cm³/mol. The molecule has 0 atom stereocenters. The van der Waals surface area contributed by atoms with E-state index in [-0.39, 0.29) is 18.2 Å². The first kappa shape index (κ1) is 20.4. The molecule has 1 amide bonds. The number of amides is 1. The first-order chi connectivity index (χ1) is 12.7. The fraction of sp³-hybridized carbons (Fsp3) is 0.316. The molecule has 0 N–H and O–H groups in total. The summed E-state index contributed by atoms with van der Waals surface area (Å²) in [4.78, 5) is 15.8. The van der Waals surface area contributed by atoms with Gasteiger partial charge in [-0.05, 0) is 43.3 Å². The van der Waals surface area contributed by atoms with Gasteiger partial charge >= 0.3 is 6.36 Å². The number of hydrogen-bond acceptors (Lipinski definition) is 4. The van der Waals surface area contributed by atoms with E-state index in [0.29, 0.717) is 23.7 Å². The van der Waals surface area contributed by atoms with Crippen LogP contribution in [0.3, 0.4) is 0 Å².